The summed E-state index contributed by atoms with van der Waals surface area (Å²) in [6, 6.07) is 26.2. The molecule has 0 saturated heterocycles. The first-order chi connectivity index (χ1) is 13.5. The fourth-order valence-corrected chi connectivity index (χ4v) is 4.42. The van der Waals surface area contributed by atoms with Crippen molar-refractivity contribution in [3.63, 3.8) is 0 Å². The lowest BCUT2D eigenvalue weighted by Gasteiger charge is -2.17. The van der Waals surface area contributed by atoms with Gasteiger partial charge in [0.05, 0.1) is 9.80 Å². The molecule has 0 atom stereocenters. The van der Waals surface area contributed by atoms with E-state index in [2.05, 4.69) is 0 Å². The van der Waals surface area contributed by atoms with E-state index in [1.807, 2.05) is 60.7 Å². The Labute approximate surface area is 169 Å². The molecule has 3 aromatic carbocycles. The Kier molecular flexibility index (Phi) is 6.29. The number of hydrogen-bond donors (Lipinski definition) is 0. The van der Waals surface area contributed by atoms with Crippen LogP contribution in [-0.2, 0) is 14.6 Å². The van der Waals surface area contributed by atoms with Crippen LogP contribution in [0.25, 0.3) is 5.57 Å². The average molecular weight is 413 g/mol. The van der Waals surface area contributed by atoms with Gasteiger partial charge in [-0.25, -0.2) is 13.2 Å². The van der Waals surface area contributed by atoms with Crippen molar-refractivity contribution in [1.82, 2.24) is 0 Å². The summed E-state index contributed by atoms with van der Waals surface area (Å²) in [5, 5.41) is 0. The van der Waals surface area contributed by atoms with E-state index in [4.69, 9.17) is 16.3 Å². The maximum absolute atomic E-state index is 13.4. The Morgan fingerprint density at radius 1 is 0.750 bits per heavy atom. The van der Waals surface area contributed by atoms with Gasteiger partial charge in [-0.1, -0.05) is 78.9 Å². The number of rotatable bonds is 6. The van der Waals surface area contributed by atoms with Crippen molar-refractivity contribution in [2.45, 2.75) is 4.90 Å². The minimum absolute atomic E-state index is 0.0369. The summed E-state index contributed by atoms with van der Waals surface area (Å²) in [5.41, 5.74) is 0.770. The molecule has 0 amide bonds. The summed E-state index contributed by atoms with van der Waals surface area (Å²) in [6.45, 7) is -0.474. The van der Waals surface area contributed by atoms with Crippen LogP contribution in [0.15, 0.2) is 101 Å². The first kappa shape index (κ1) is 19.9. The SMILES string of the molecule is O=C(Cl)OCC(=C(c1ccccc1)c1ccccc1)S(=O)(=O)c1ccccc1. The summed E-state index contributed by atoms with van der Waals surface area (Å²) in [4.78, 5) is 11.3. The van der Waals surface area contributed by atoms with Gasteiger partial charge in [0, 0.05) is 17.2 Å². The Balaban J connectivity index is 2.32. The van der Waals surface area contributed by atoms with Crippen LogP contribution < -0.4 is 0 Å². The molecule has 0 saturated carbocycles. The molecule has 0 unspecified atom stereocenters. The van der Waals surface area contributed by atoms with E-state index in [1.54, 1.807) is 18.2 Å². The van der Waals surface area contributed by atoms with Crippen molar-refractivity contribution in [1.29, 1.82) is 0 Å². The first-order valence-corrected chi connectivity index (χ1v) is 10.3. The molecule has 0 spiro atoms. The fourth-order valence-electron chi connectivity index (χ4n) is 2.85. The van der Waals surface area contributed by atoms with E-state index in [0.717, 1.165) is 0 Å². The zero-order valence-electron chi connectivity index (χ0n) is 14.8. The van der Waals surface area contributed by atoms with Crippen molar-refractivity contribution < 1.29 is 17.9 Å². The van der Waals surface area contributed by atoms with E-state index in [9.17, 15) is 13.2 Å². The van der Waals surface area contributed by atoms with Crippen LogP contribution in [0.4, 0.5) is 4.79 Å². The number of halogens is 1. The van der Waals surface area contributed by atoms with Crippen LogP contribution in [0.3, 0.4) is 0 Å². The number of carbonyl (C=O) groups is 1. The second-order valence-corrected chi connectivity index (χ2v) is 8.15. The summed E-state index contributed by atoms with van der Waals surface area (Å²) in [5.74, 6) is 0. The van der Waals surface area contributed by atoms with Crippen molar-refractivity contribution >= 4 is 32.4 Å². The molecule has 0 heterocycles. The van der Waals surface area contributed by atoms with Crippen molar-refractivity contribution in [2.24, 2.45) is 0 Å². The second kappa shape index (κ2) is 8.87. The molecule has 6 heteroatoms. The minimum Gasteiger partial charge on any atom is -0.448 e. The predicted octanol–water partition coefficient (Wildman–Crippen LogP) is 5.30. The molecule has 0 fully saturated rings. The molecule has 0 aliphatic carbocycles. The van der Waals surface area contributed by atoms with E-state index in [0.29, 0.717) is 16.7 Å². The highest BCUT2D eigenvalue weighted by atomic mass is 35.5. The predicted molar refractivity (Wildman–Crippen MR) is 110 cm³/mol. The van der Waals surface area contributed by atoms with Gasteiger partial charge in [0.15, 0.2) is 0 Å². The minimum atomic E-state index is -3.95. The van der Waals surface area contributed by atoms with Crippen LogP contribution in [0.5, 0.6) is 0 Å². The second-order valence-electron chi connectivity index (χ2n) is 5.87. The molecule has 28 heavy (non-hydrogen) atoms. The normalized spacial score (nSPS) is 10.9. The highest BCUT2D eigenvalue weighted by Crippen LogP contribution is 2.33. The molecule has 0 aliphatic heterocycles. The summed E-state index contributed by atoms with van der Waals surface area (Å²) < 4.78 is 31.8. The Morgan fingerprint density at radius 3 is 1.61 bits per heavy atom. The molecular weight excluding hydrogens is 396 g/mol. The van der Waals surface area contributed by atoms with Gasteiger partial charge < -0.3 is 4.74 Å². The fraction of sp³-hybridized carbons (Fsp3) is 0.0455. The number of hydrogen-bond acceptors (Lipinski definition) is 4. The number of carbonyl (C=O) groups excluding carboxylic acids is 1. The van der Waals surface area contributed by atoms with Gasteiger partial charge >= 0.3 is 5.43 Å². The van der Waals surface area contributed by atoms with Gasteiger partial charge in [-0.15, -0.1) is 0 Å². The molecule has 0 aliphatic rings. The highest BCUT2D eigenvalue weighted by molar-refractivity contribution is 7.95. The molecule has 4 nitrogen and oxygen atoms in total. The van der Waals surface area contributed by atoms with Gasteiger partial charge in [-0.05, 0) is 23.3 Å². The third-order valence-electron chi connectivity index (χ3n) is 4.10. The van der Waals surface area contributed by atoms with E-state index in [1.165, 1.54) is 12.1 Å². The Hall–Kier alpha value is -2.89. The molecule has 0 aromatic heterocycles. The third kappa shape index (κ3) is 4.50. The lowest BCUT2D eigenvalue weighted by Crippen LogP contribution is -2.14. The Bertz CT molecular complexity index is 1040. The lowest BCUT2D eigenvalue weighted by molar-refractivity contribution is 0.185. The van der Waals surface area contributed by atoms with Gasteiger partial charge in [-0.2, -0.15) is 0 Å². The number of benzene rings is 3. The van der Waals surface area contributed by atoms with Gasteiger partial charge in [0.1, 0.15) is 6.61 Å². The van der Waals surface area contributed by atoms with E-state index in [-0.39, 0.29) is 9.80 Å². The quantitative estimate of drug-likeness (QED) is 0.516. The van der Waals surface area contributed by atoms with Gasteiger partial charge in [0.2, 0.25) is 9.84 Å². The number of sulfone groups is 1. The smallest absolute Gasteiger partial charge is 0.404 e. The third-order valence-corrected chi connectivity index (χ3v) is 6.07. The maximum atomic E-state index is 13.4. The van der Waals surface area contributed by atoms with Crippen LogP contribution in [0, 0.1) is 0 Å². The molecule has 3 aromatic rings. The first-order valence-electron chi connectivity index (χ1n) is 8.46. The summed E-state index contributed by atoms with van der Waals surface area (Å²) in [6.07, 6.45) is 0. The van der Waals surface area contributed by atoms with Crippen LogP contribution in [0.2, 0.25) is 0 Å². The standard InChI is InChI=1S/C22H17ClO4S/c23-22(24)27-16-20(28(25,26)19-14-8-3-9-15-19)21(17-10-4-1-5-11-17)18-12-6-2-7-13-18/h1-15H,16H2. The monoisotopic (exact) mass is 412 g/mol. The topological polar surface area (TPSA) is 60.4 Å². The lowest BCUT2D eigenvalue weighted by atomic mass is 9.97. The zero-order valence-corrected chi connectivity index (χ0v) is 16.4. The summed E-state index contributed by atoms with van der Waals surface area (Å²) >= 11 is 5.34. The highest BCUT2D eigenvalue weighted by Gasteiger charge is 2.27. The van der Waals surface area contributed by atoms with Crippen molar-refractivity contribution in [3.05, 3.63) is 107 Å². The summed E-state index contributed by atoms with van der Waals surface area (Å²) in [7, 11) is -3.95. The molecule has 0 bridgehead atoms. The average Bonchev–Trinajstić information content (AvgIpc) is 2.72. The van der Waals surface area contributed by atoms with E-state index >= 15 is 0 Å². The molecule has 3 rings (SSSR count). The molecule has 0 N–H and O–H groups in total. The number of ether oxygens (including phenoxy) is 1. The Morgan fingerprint density at radius 2 is 1.18 bits per heavy atom. The van der Waals surface area contributed by atoms with Gasteiger partial charge in [-0.3, -0.25) is 0 Å². The van der Waals surface area contributed by atoms with Crippen LogP contribution in [0.1, 0.15) is 11.1 Å². The maximum Gasteiger partial charge on any atom is 0.404 e. The molecular formula is C22H17ClO4S. The van der Waals surface area contributed by atoms with Crippen LogP contribution >= 0.6 is 11.6 Å². The van der Waals surface area contributed by atoms with Crippen LogP contribution in [-0.4, -0.2) is 20.5 Å². The largest absolute Gasteiger partial charge is 0.448 e. The van der Waals surface area contributed by atoms with E-state index < -0.39 is 21.9 Å². The van der Waals surface area contributed by atoms with Crippen molar-refractivity contribution in [2.75, 3.05) is 6.61 Å². The molecule has 0 radical (unpaired) electrons. The molecule has 142 valence electrons. The zero-order chi connectivity index (χ0) is 20.0. The van der Waals surface area contributed by atoms with Crippen molar-refractivity contribution in [3.8, 4) is 0 Å². The van der Waals surface area contributed by atoms with Gasteiger partial charge in [0.25, 0.3) is 0 Å².